The summed E-state index contributed by atoms with van der Waals surface area (Å²) in [7, 11) is 0. The van der Waals surface area contributed by atoms with Crippen LogP contribution in [0.25, 0.3) is 6.08 Å². The SMILES string of the molecule is Cc1cc(C)cc(Cc2ccc(Br)cc2/C=C2\C(=O)NC(=O)N(c3ccc(C)c(C)c3)C2=O)c1. The Morgan fingerprint density at radius 2 is 1.56 bits per heavy atom. The summed E-state index contributed by atoms with van der Waals surface area (Å²) >= 11 is 3.49. The summed E-state index contributed by atoms with van der Waals surface area (Å²) in [5, 5.41) is 2.31. The zero-order valence-corrected chi connectivity index (χ0v) is 21.1. The molecule has 34 heavy (non-hydrogen) atoms. The van der Waals surface area contributed by atoms with E-state index in [4.69, 9.17) is 0 Å². The van der Waals surface area contributed by atoms with Crippen LogP contribution >= 0.6 is 15.9 Å². The fourth-order valence-corrected chi connectivity index (χ4v) is 4.54. The molecule has 0 spiro atoms. The molecule has 1 aliphatic rings. The second-order valence-corrected chi connectivity index (χ2v) is 9.66. The van der Waals surface area contributed by atoms with Gasteiger partial charge in [0.2, 0.25) is 0 Å². The number of amides is 4. The van der Waals surface area contributed by atoms with Crippen molar-refractivity contribution in [1.29, 1.82) is 0 Å². The number of imide groups is 2. The van der Waals surface area contributed by atoms with Crippen LogP contribution in [0.2, 0.25) is 0 Å². The second kappa shape index (κ2) is 9.39. The fraction of sp³-hybridized carbons (Fsp3) is 0.179. The van der Waals surface area contributed by atoms with Gasteiger partial charge in [-0.15, -0.1) is 0 Å². The largest absolute Gasteiger partial charge is 0.335 e. The van der Waals surface area contributed by atoms with E-state index in [9.17, 15) is 14.4 Å². The molecule has 5 nitrogen and oxygen atoms in total. The molecule has 6 heteroatoms. The molecule has 1 heterocycles. The van der Waals surface area contributed by atoms with E-state index in [1.54, 1.807) is 18.2 Å². The van der Waals surface area contributed by atoms with Gasteiger partial charge in [-0.2, -0.15) is 0 Å². The van der Waals surface area contributed by atoms with Crippen molar-refractivity contribution in [3.63, 3.8) is 0 Å². The highest BCUT2D eigenvalue weighted by Gasteiger charge is 2.37. The molecule has 3 aromatic carbocycles. The highest BCUT2D eigenvalue weighted by atomic mass is 79.9. The quantitative estimate of drug-likeness (QED) is 0.344. The number of halogens is 1. The molecule has 0 atom stereocenters. The van der Waals surface area contributed by atoms with Gasteiger partial charge in [-0.3, -0.25) is 14.9 Å². The number of hydrogen-bond donors (Lipinski definition) is 1. The first-order chi connectivity index (χ1) is 16.1. The topological polar surface area (TPSA) is 66.5 Å². The maximum Gasteiger partial charge on any atom is 0.335 e. The van der Waals surface area contributed by atoms with Crippen molar-refractivity contribution in [2.24, 2.45) is 0 Å². The minimum absolute atomic E-state index is 0.0856. The van der Waals surface area contributed by atoms with Crippen LogP contribution in [-0.4, -0.2) is 17.8 Å². The van der Waals surface area contributed by atoms with Crippen LogP contribution in [0.4, 0.5) is 10.5 Å². The lowest BCUT2D eigenvalue weighted by molar-refractivity contribution is -0.122. The van der Waals surface area contributed by atoms with E-state index < -0.39 is 17.8 Å². The third-order valence-electron chi connectivity index (χ3n) is 5.93. The van der Waals surface area contributed by atoms with Crippen molar-refractivity contribution < 1.29 is 14.4 Å². The van der Waals surface area contributed by atoms with Gasteiger partial charge in [0, 0.05) is 4.47 Å². The number of aryl methyl sites for hydroxylation is 4. The standard InChI is InChI=1S/C28H25BrN2O3/c1-16-9-17(2)11-20(10-16)13-21-6-7-23(29)14-22(21)15-25-26(32)30-28(34)31(27(25)33)24-8-5-18(3)19(4)12-24/h5-12,14-15H,13H2,1-4H3,(H,30,32,34)/b25-15+. The molecular formula is C28H25BrN2O3. The van der Waals surface area contributed by atoms with Crippen molar-refractivity contribution in [3.05, 3.63) is 104 Å². The minimum atomic E-state index is -0.750. The summed E-state index contributed by atoms with van der Waals surface area (Å²) in [6, 6.07) is 16.7. The Kier molecular flexibility index (Phi) is 6.53. The number of carbonyl (C=O) groups excluding carboxylic acids is 3. The third-order valence-corrected chi connectivity index (χ3v) is 6.43. The Balaban J connectivity index is 1.75. The van der Waals surface area contributed by atoms with Crippen molar-refractivity contribution in [3.8, 4) is 0 Å². The number of nitrogens with zero attached hydrogens (tertiary/aromatic N) is 1. The van der Waals surface area contributed by atoms with E-state index in [1.165, 1.54) is 11.1 Å². The van der Waals surface area contributed by atoms with Gasteiger partial charge in [-0.25, -0.2) is 9.69 Å². The van der Waals surface area contributed by atoms with Crippen molar-refractivity contribution in [1.82, 2.24) is 5.32 Å². The predicted octanol–water partition coefficient (Wildman–Crippen LogP) is 5.94. The fourth-order valence-electron chi connectivity index (χ4n) is 4.16. The average molecular weight is 517 g/mol. The Hall–Kier alpha value is -3.51. The van der Waals surface area contributed by atoms with E-state index >= 15 is 0 Å². The highest BCUT2D eigenvalue weighted by molar-refractivity contribution is 9.10. The number of urea groups is 1. The molecule has 172 valence electrons. The number of hydrogen-bond acceptors (Lipinski definition) is 3. The maximum atomic E-state index is 13.4. The Morgan fingerprint density at radius 3 is 2.24 bits per heavy atom. The van der Waals surface area contributed by atoms with E-state index in [-0.39, 0.29) is 5.57 Å². The van der Waals surface area contributed by atoms with Gasteiger partial charge in [0.05, 0.1) is 5.69 Å². The number of carbonyl (C=O) groups is 3. The smallest absolute Gasteiger partial charge is 0.273 e. The summed E-state index contributed by atoms with van der Waals surface area (Å²) < 4.78 is 0.828. The molecule has 1 N–H and O–H groups in total. The van der Waals surface area contributed by atoms with Gasteiger partial charge in [0.1, 0.15) is 5.57 Å². The highest BCUT2D eigenvalue weighted by Crippen LogP contribution is 2.27. The molecule has 0 aromatic heterocycles. The number of barbiturate groups is 1. The summed E-state index contributed by atoms with van der Waals surface area (Å²) in [6.07, 6.45) is 2.21. The molecular weight excluding hydrogens is 492 g/mol. The van der Waals surface area contributed by atoms with Gasteiger partial charge >= 0.3 is 6.03 Å². The molecule has 0 bridgehead atoms. The molecule has 4 amide bonds. The number of anilines is 1. The van der Waals surface area contributed by atoms with Crippen molar-refractivity contribution in [2.45, 2.75) is 34.1 Å². The monoisotopic (exact) mass is 516 g/mol. The maximum absolute atomic E-state index is 13.4. The lowest BCUT2D eigenvalue weighted by atomic mass is 9.95. The third kappa shape index (κ3) is 4.87. The number of nitrogens with one attached hydrogen (secondary N) is 1. The zero-order valence-electron chi connectivity index (χ0n) is 19.5. The van der Waals surface area contributed by atoms with Crippen LogP contribution < -0.4 is 10.2 Å². The van der Waals surface area contributed by atoms with E-state index in [1.807, 2.05) is 38.1 Å². The first-order valence-electron chi connectivity index (χ1n) is 11.0. The van der Waals surface area contributed by atoms with Crippen LogP contribution in [0.5, 0.6) is 0 Å². The lowest BCUT2D eigenvalue weighted by Gasteiger charge is -2.27. The molecule has 1 fully saturated rings. The van der Waals surface area contributed by atoms with Gasteiger partial charge in [-0.05, 0) is 92.3 Å². The molecule has 1 aliphatic heterocycles. The molecule has 0 aliphatic carbocycles. The molecule has 1 saturated heterocycles. The second-order valence-electron chi connectivity index (χ2n) is 8.74. The van der Waals surface area contributed by atoms with Gasteiger partial charge in [0.25, 0.3) is 11.8 Å². The normalized spacial score (nSPS) is 15.1. The van der Waals surface area contributed by atoms with Crippen LogP contribution in [-0.2, 0) is 16.0 Å². The predicted molar refractivity (Wildman–Crippen MR) is 138 cm³/mol. The first-order valence-corrected chi connectivity index (χ1v) is 11.8. The minimum Gasteiger partial charge on any atom is -0.273 e. The van der Waals surface area contributed by atoms with Crippen LogP contribution in [0.3, 0.4) is 0 Å². The van der Waals surface area contributed by atoms with Gasteiger partial charge < -0.3 is 0 Å². The molecule has 3 aromatic rings. The van der Waals surface area contributed by atoms with E-state index in [0.717, 1.165) is 37.2 Å². The number of benzene rings is 3. The number of rotatable bonds is 4. The molecule has 0 saturated carbocycles. The molecule has 0 unspecified atom stereocenters. The van der Waals surface area contributed by atoms with Crippen LogP contribution in [0.15, 0.2) is 64.6 Å². The van der Waals surface area contributed by atoms with E-state index in [2.05, 4.69) is 53.3 Å². The van der Waals surface area contributed by atoms with Crippen molar-refractivity contribution >= 4 is 45.5 Å². The van der Waals surface area contributed by atoms with Crippen LogP contribution in [0.1, 0.15) is 38.9 Å². The average Bonchev–Trinajstić information content (AvgIpc) is 2.74. The van der Waals surface area contributed by atoms with Crippen LogP contribution in [0, 0.1) is 27.7 Å². The summed E-state index contributed by atoms with van der Waals surface area (Å²) in [6.45, 7) is 7.99. The van der Waals surface area contributed by atoms with Gasteiger partial charge in [0.15, 0.2) is 0 Å². The lowest BCUT2D eigenvalue weighted by Crippen LogP contribution is -2.54. The Labute approximate surface area is 207 Å². The summed E-state index contributed by atoms with van der Waals surface area (Å²) in [4.78, 5) is 39.6. The molecule has 0 radical (unpaired) electrons. The Morgan fingerprint density at radius 1 is 0.853 bits per heavy atom. The first kappa shape index (κ1) is 23.6. The van der Waals surface area contributed by atoms with E-state index in [0.29, 0.717) is 12.1 Å². The van der Waals surface area contributed by atoms with Crippen molar-refractivity contribution in [2.75, 3.05) is 4.90 Å². The van der Waals surface area contributed by atoms with Gasteiger partial charge in [-0.1, -0.05) is 57.4 Å². The Bertz CT molecular complexity index is 1350. The summed E-state index contributed by atoms with van der Waals surface area (Å²) in [5.41, 5.74) is 7.54. The zero-order chi connectivity index (χ0) is 24.6. The molecule has 4 rings (SSSR count). The summed E-state index contributed by atoms with van der Waals surface area (Å²) in [5.74, 6) is -1.35.